The van der Waals surface area contributed by atoms with Gasteiger partial charge < -0.3 is 19.5 Å². The molecule has 0 bridgehead atoms. The average Bonchev–Trinajstić information content (AvgIpc) is 2.87. The van der Waals surface area contributed by atoms with Gasteiger partial charge in [0.05, 0.1) is 7.11 Å². The Hall–Kier alpha value is -4.10. The number of carbonyl (C=O) groups excluding carboxylic acids is 5. The molecule has 2 amide bonds. The van der Waals surface area contributed by atoms with Gasteiger partial charge in [-0.15, -0.1) is 0 Å². The van der Waals surface area contributed by atoms with Crippen LogP contribution < -0.4 is 25.3 Å². The SMILES string of the molecule is C=BNCCCC(=O)Oc1cc(CC(NC(=O)OC(C)(C)C)C(=O)OC)ccc1OC(=O)CCCNC(=O)OC(C)(C)C. The number of hydrogen-bond acceptors (Lipinski definition) is 11. The number of ether oxygens (including phenoxy) is 5. The molecule has 1 atom stereocenters. The normalized spacial score (nSPS) is 11.7. The van der Waals surface area contributed by atoms with E-state index in [1.165, 1.54) is 26.3 Å². The molecule has 0 aliphatic heterocycles. The van der Waals surface area contributed by atoms with Crippen molar-refractivity contribution in [3.63, 3.8) is 0 Å². The molecule has 0 aliphatic rings. The van der Waals surface area contributed by atoms with Gasteiger partial charge in [-0.3, -0.25) is 0 Å². The molecule has 13 nitrogen and oxygen atoms in total. The van der Waals surface area contributed by atoms with Crippen LogP contribution in [0.3, 0.4) is 0 Å². The second-order valence-electron chi connectivity index (χ2n) is 11.4. The van der Waals surface area contributed by atoms with E-state index in [-0.39, 0.29) is 43.7 Å². The van der Waals surface area contributed by atoms with Gasteiger partial charge in [0.15, 0.2) is 0 Å². The summed E-state index contributed by atoms with van der Waals surface area (Å²) < 4.78 is 26.2. The standard InChI is InChI=1S/C29H44BN3O10/c1-28(2,3)42-26(37)31-15-9-11-23(34)40-21-14-13-19(18-22(21)41-24(35)12-10-16-32-30-7)17-20(25(36)39-8)33-27(38)43-29(4,5)6/h13-14,18,20,32H,7,9-12,15-17H2,1-6,8H3,(H,31,37)(H,33,38). The maximum atomic E-state index is 12.5. The fourth-order valence-electron chi connectivity index (χ4n) is 3.39. The van der Waals surface area contributed by atoms with Crippen molar-refractivity contribution in [2.75, 3.05) is 20.2 Å². The van der Waals surface area contributed by atoms with Gasteiger partial charge in [0.25, 0.3) is 0 Å². The van der Waals surface area contributed by atoms with E-state index in [0.29, 0.717) is 18.5 Å². The molecule has 0 radical (unpaired) electrons. The zero-order valence-corrected chi connectivity index (χ0v) is 26.1. The summed E-state index contributed by atoms with van der Waals surface area (Å²) >= 11 is 0. The van der Waals surface area contributed by atoms with E-state index in [9.17, 15) is 24.0 Å². The number of nitrogens with one attached hydrogen (secondary N) is 3. The van der Waals surface area contributed by atoms with Crippen LogP contribution >= 0.6 is 0 Å². The van der Waals surface area contributed by atoms with Gasteiger partial charge in [-0.1, -0.05) is 0 Å². The predicted molar refractivity (Wildman–Crippen MR) is 160 cm³/mol. The molecule has 0 saturated heterocycles. The summed E-state index contributed by atoms with van der Waals surface area (Å²) in [4.78, 5) is 61.6. The van der Waals surface area contributed by atoms with Crippen LogP contribution in [0.25, 0.3) is 0 Å². The summed E-state index contributed by atoms with van der Waals surface area (Å²) in [6, 6.07) is 3.32. The number of alkyl carbamates (subject to hydrolysis) is 2. The molecule has 1 rings (SSSR count). The first-order valence-electron chi connectivity index (χ1n) is 14.0. The zero-order valence-electron chi connectivity index (χ0n) is 26.1. The minimum atomic E-state index is -1.11. The van der Waals surface area contributed by atoms with Crippen LogP contribution in [0.4, 0.5) is 9.59 Å². The first-order chi connectivity index (χ1) is 20.0. The van der Waals surface area contributed by atoms with Crippen molar-refractivity contribution in [2.24, 2.45) is 0 Å². The molecule has 0 aliphatic carbocycles. The number of esters is 3. The van der Waals surface area contributed by atoms with Gasteiger partial charge in [0.2, 0.25) is 0 Å². The maximum absolute atomic E-state index is 12.5. The van der Waals surface area contributed by atoms with Crippen molar-refractivity contribution in [1.82, 2.24) is 15.9 Å². The Morgan fingerprint density at radius 3 is 1.95 bits per heavy atom. The molecule has 238 valence electrons. The zero-order chi connectivity index (χ0) is 32.6. The van der Waals surface area contributed by atoms with Gasteiger partial charge in [-0.25, -0.2) is 14.4 Å². The minimum Gasteiger partial charge on any atom is -0.444 e. The van der Waals surface area contributed by atoms with Crippen molar-refractivity contribution >= 4 is 43.6 Å². The van der Waals surface area contributed by atoms with E-state index in [4.69, 9.17) is 23.7 Å². The van der Waals surface area contributed by atoms with Crippen molar-refractivity contribution in [3.05, 3.63) is 23.8 Å². The Morgan fingerprint density at radius 1 is 0.837 bits per heavy atom. The van der Waals surface area contributed by atoms with Gasteiger partial charge >= 0.3 is 153 Å². The topological polar surface area (TPSA) is 168 Å². The molecule has 0 aromatic heterocycles. The molecule has 0 spiro atoms. The van der Waals surface area contributed by atoms with Gasteiger partial charge in [0.1, 0.15) is 11.2 Å². The summed E-state index contributed by atoms with van der Waals surface area (Å²) in [5.41, 5.74) is -0.956. The first kappa shape index (κ1) is 36.9. The van der Waals surface area contributed by atoms with Crippen molar-refractivity contribution in [1.29, 1.82) is 0 Å². The van der Waals surface area contributed by atoms with Crippen LogP contribution in [0.5, 0.6) is 11.5 Å². The molecule has 0 heterocycles. The first-order valence-corrected chi connectivity index (χ1v) is 14.0. The molecule has 43 heavy (non-hydrogen) atoms. The van der Waals surface area contributed by atoms with E-state index < -0.39 is 47.3 Å². The van der Waals surface area contributed by atoms with Crippen molar-refractivity contribution in [3.8, 4) is 11.5 Å². The smallest absolute Gasteiger partial charge is 0.444 e. The van der Waals surface area contributed by atoms with Crippen molar-refractivity contribution < 1.29 is 47.7 Å². The number of rotatable bonds is 15. The van der Waals surface area contributed by atoms with E-state index in [1.807, 2.05) is 0 Å². The van der Waals surface area contributed by atoms with Crippen LogP contribution in [0.15, 0.2) is 18.2 Å². The summed E-state index contributed by atoms with van der Waals surface area (Å²) in [5.74, 6) is -1.96. The number of hydrogen-bond donors (Lipinski definition) is 3. The third-order valence-electron chi connectivity index (χ3n) is 5.14. The fourth-order valence-corrected chi connectivity index (χ4v) is 3.39. The van der Waals surface area contributed by atoms with Crippen LogP contribution in [0, 0.1) is 0 Å². The fraction of sp³-hybridized carbons (Fsp3) is 0.586. The van der Waals surface area contributed by atoms with Gasteiger partial charge in [0, 0.05) is 6.54 Å². The molecular weight excluding hydrogens is 561 g/mol. The Bertz CT molecular complexity index is 1130. The van der Waals surface area contributed by atoms with Crippen LogP contribution in [0.2, 0.25) is 0 Å². The van der Waals surface area contributed by atoms with E-state index >= 15 is 0 Å². The molecule has 14 heteroatoms. The van der Waals surface area contributed by atoms with Crippen LogP contribution in [-0.2, 0) is 35.0 Å². The summed E-state index contributed by atoms with van der Waals surface area (Å²) in [6.45, 7) is 14.5. The summed E-state index contributed by atoms with van der Waals surface area (Å²) in [5, 5.41) is 7.94. The number of amides is 2. The molecule has 0 saturated carbocycles. The Kier molecular flexibility index (Phi) is 15.3. The van der Waals surface area contributed by atoms with Crippen LogP contribution in [-0.4, -0.2) is 81.1 Å². The molecule has 1 unspecified atom stereocenters. The number of benzene rings is 1. The monoisotopic (exact) mass is 605 g/mol. The van der Waals surface area contributed by atoms with Crippen LogP contribution in [0.1, 0.15) is 72.8 Å². The van der Waals surface area contributed by atoms with E-state index in [1.54, 1.807) is 47.6 Å². The molecular formula is C29H44BN3O10. The Morgan fingerprint density at radius 2 is 1.40 bits per heavy atom. The van der Waals surface area contributed by atoms with Gasteiger partial charge in [-0.05, 0) is 41.5 Å². The Balaban J connectivity index is 3.02. The molecule has 1 aromatic rings. The second-order valence-corrected chi connectivity index (χ2v) is 11.4. The van der Waals surface area contributed by atoms with Gasteiger partial charge in [-0.2, -0.15) is 0 Å². The second kappa shape index (κ2) is 17.8. The quantitative estimate of drug-likeness (QED) is 0.0884. The van der Waals surface area contributed by atoms with Crippen molar-refractivity contribution in [2.45, 2.75) is 90.9 Å². The van der Waals surface area contributed by atoms with E-state index in [0.717, 1.165) is 0 Å². The third kappa shape index (κ3) is 16.8. The third-order valence-corrected chi connectivity index (χ3v) is 5.14. The number of carbonyl (C=O) groups is 5. The number of methoxy groups -OCH3 is 1. The minimum absolute atomic E-state index is 0.0128. The Labute approximate surface area is 253 Å². The summed E-state index contributed by atoms with van der Waals surface area (Å²) in [6.07, 6.45) is -0.672. The molecule has 3 N–H and O–H groups in total. The summed E-state index contributed by atoms with van der Waals surface area (Å²) in [7, 11) is 2.70. The molecule has 1 aromatic carbocycles. The molecule has 0 fully saturated rings. The van der Waals surface area contributed by atoms with E-state index in [2.05, 4.69) is 22.3 Å². The average molecular weight is 605 g/mol. The predicted octanol–water partition coefficient (Wildman–Crippen LogP) is 2.83.